The zero-order chi connectivity index (χ0) is 22.9. The Kier molecular flexibility index (Phi) is 7.58. The zero-order valence-corrected chi connectivity index (χ0v) is 17.6. The molecule has 1 aromatic heterocycles. The lowest BCUT2D eigenvalue weighted by atomic mass is 10.1. The number of aromatic nitrogens is 2. The molecule has 0 spiro atoms. The van der Waals surface area contributed by atoms with Crippen LogP contribution in [0.1, 0.15) is 24.2 Å². The SMILES string of the molecule is CCOC(=O)C(C=Nc1ncnc2ccc(NC(=O)c3ccccc3)cc12)C(=O)OCC. The van der Waals surface area contributed by atoms with E-state index >= 15 is 0 Å². The van der Waals surface area contributed by atoms with Gasteiger partial charge in [0.1, 0.15) is 6.33 Å². The summed E-state index contributed by atoms with van der Waals surface area (Å²) in [6.45, 7) is 3.51. The van der Waals surface area contributed by atoms with Crippen molar-refractivity contribution < 1.29 is 23.9 Å². The Morgan fingerprint density at radius 1 is 1.00 bits per heavy atom. The summed E-state index contributed by atoms with van der Waals surface area (Å²) in [5.41, 5.74) is 1.61. The third-order valence-corrected chi connectivity index (χ3v) is 4.34. The Balaban J connectivity index is 1.90. The molecule has 9 heteroatoms. The monoisotopic (exact) mass is 434 g/mol. The summed E-state index contributed by atoms with van der Waals surface area (Å²) >= 11 is 0. The van der Waals surface area contributed by atoms with E-state index in [0.29, 0.717) is 22.2 Å². The van der Waals surface area contributed by atoms with Crippen LogP contribution in [0.3, 0.4) is 0 Å². The van der Waals surface area contributed by atoms with Crippen LogP contribution in [0.25, 0.3) is 10.9 Å². The highest BCUT2D eigenvalue weighted by Gasteiger charge is 2.28. The van der Waals surface area contributed by atoms with Crippen LogP contribution in [0, 0.1) is 5.92 Å². The van der Waals surface area contributed by atoms with Crippen LogP contribution in [0.2, 0.25) is 0 Å². The Bertz CT molecular complexity index is 1130. The summed E-state index contributed by atoms with van der Waals surface area (Å²) < 4.78 is 9.88. The highest BCUT2D eigenvalue weighted by Crippen LogP contribution is 2.25. The minimum absolute atomic E-state index is 0.115. The van der Waals surface area contributed by atoms with E-state index in [9.17, 15) is 14.4 Å². The predicted octanol–water partition coefficient (Wildman–Crippen LogP) is 3.33. The molecule has 1 amide bonds. The number of aliphatic imine (C=N–C) groups is 1. The number of amides is 1. The number of nitrogens with zero attached hydrogens (tertiary/aromatic N) is 3. The average molecular weight is 434 g/mol. The van der Waals surface area contributed by atoms with E-state index in [1.54, 1.807) is 56.3 Å². The molecule has 0 aliphatic rings. The van der Waals surface area contributed by atoms with E-state index in [1.165, 1.54) is 6.33 Å². The number of hydrogen-bond donors (Lipinski definition) is 1. The van der Waals surface area contributed by atoms with Crippen molar-refractivity contribution >= 4 is 46.5 Å². The van der Waals surface area contributed by atoms with Crippen molar-refractivity contribution in [3.8, 4) is 0 Å². The number of anilines is 1. The minimum Gasteiger partial charge on any atom is -0.465 e. The second kappa shape index (κ2) is 10.8. The molecule has 0 aliphatic carbocycles. The van der Waals surface area contributed by atoms with Crippen molar-refractivity contribution in [2.45, 2.75) is 13.8 Å². The first-order valence-corrected chi connectivity index (χ1v) is 10.0. The van der Waals surface area contributed by atoms with E-state index in [-0.39, 0.29) is 24.9 Å². The molecular formula is C23H22N4O5. The summed E-state index contributed by atoms with van der Waals surface area (Å²) in [5, 5.41) is 3.35. The summed E-state index contributed by atoms with van der Waals surface area (Å²) in [5.74, 6) is -2.88. The standard InChI is InChI=1S/C23H22N4O5/c1-3-31-22(29)18(23(30)32-4-2)13-24-20-17-12-16(10-11-19(17)25-14-26-20)27-21(28)15-8-6-5-7-9-15/h5-14,18H,3-4H2,1-2H3,(H,27,28). The van der Waals surface area contributed by atoms with Gasteiger partial charge in [-0.3, -0.25) is 14.4 Å². The van der Waals surface area contributed by atoms with Gasteiger partial charge in [0.2, 0.25) is 0 Å². The van der Waals surface area contributed by atoms with E-state index in [0.717, 1.165) is 6.21 Å². The maximum atomic E-state index is 12.4. The number of benzene rings is 2. The molecule has 9 nitrogen and oxygen atoms in total. The molecule has 0 radical (unpaired) electrons. The van der Waals surface area contributed by atoms with E-state index in [4.69, 9.17) is 9.47 Å². The van der Waals surface area contributed by atoms with Gasteiger partial charge in [-0.1, -0.05) is 18.2 Å². The van der Waals surface area contributed by atoms with Gasteiger partial charge in [0.15, 0.2) is 11.7 Å². The number of fused-ring (bicyclic) bond motifs is 1. The lowest BCUT2D eigenvalue weighted by Crippen LogP contribution is -2.29. The van der Waals surface area contributed by atoms with Gasteiger partial charge >= 0.3 is 11.9 Å². The van der Waals surface area contributed by atoms with Crippen molar-refractivity contribution in [1.82, 2.24) is 9.97 Å². The van der Waals surface area contributed by atoms with Gasteiger partial charge in [-0.15, -0.1) is 0 Å². The van der Waals surface area contributed by atoms with E-state index in [1.807, 2.05) is 6.07 Å². The molecule has 3 rings (SSSR count). The molecule has 32 heavy (non-hydrogen) atoms. The first kappa shape index (κ1) is 22.5. The van der Waals surface area contributed by atoms with Gasteiger partial charge < -0.3 is 14.8 Å². The van der Waals surface area contributed by atoms with Gasteiger partial charge in [0, 0.05) is 22.9 Å². The second-order valence-corrected chi connectivity index (χ2v) is 6.51. The fourth-order valence-corrected chi connectivity index (χ4v) is 2.84. The number of carbonyl (C=O) groups is 3. The summed E-state index contributed by atoms with van der Waals surface area (Å²) in [7, 11) is 0. The van der Waals surface area contributed by atoms with Gasteiger partial charge in [0.25, 0.3) is 5.91 Å². The summed E-state index contributed by atoms with van der Waals surface area (Å²) in [6, 6.07) is 13.9. The van der Waals surface area contributed by atoms with Crippen LogP contribution < -0.4 is 5.32 Å². The molecule has 2 aromatic carbocycles. The third-order valence-electron chi connectivity index (χ3n) is 4.34. The molecule has 0 unspecified atom stereocenters. The number of nitrogens with one attached hydrogen (secondary N) is 1. The quantitative estimate of drug-likeness (QED) is 0.328. The summed E-state index contributed by atoms with van der Waals surface area (Å²) in [6.07, 6.45) is 2.47. The number of esters is 2. The first-order valence-electron chi connectivity index (χ1n) is 10.0. The molecule has 0 fully saturated rings. The van der Waals surface area contributed by atoms with Crippen molar-refractivity contribution in [3.05, 3.63) is 60.4 Å². The van der Waals surface area contributed by atoms with Crippen molar-refractivity contribution in [1.29, 1.82) is 0 Å². The van der Waals surface area contributed by atoms with Crippen molar-refractivity contribution in [3.63, 3.8) is 0 Å². The van der Waals surface area contributed by atoms with Crippen LogP contribution in [0.5, 0.6) is 0 Å². The molecule has 0 saturated heterocycles. The number of hydrogen-bond acceptors (Lipinski definition) is 8. The molecule has 1 heterocycles. The van der Waals surface area contributed by atoms with E-state index < -0.39 is 17.9 Å². The molecule has 3 aromatic rings. The van der Waals surface area contributed by atoms with Crippen LogP contribution in [-0.4, -0.2) is 47.2 Å². The topological polar surface area (TPSA) is 120 Å². The fraction of sp³-hybridized carbons (Fsp3) is 0.217. The molecular weight excluding hydrogens is 412 g/mol. The number of carbonyl (C=O) groups excluding carboxylic acids is 3. The van der Waals surface area contributed by atoms with Crippen LogP contribution >= 0.6 is 0 Å². The Morgan fingerprint density at radius 3 is 2.34 bits per heavy atom. The van der Waals surface area contributed by atoms with Crippen LogP contribution in [0.4, 0.5) is 11.5 Å². The summed E-state index contributed by atoms with van der Waals surface area (Å²) in [4.78, 5) is 49.3. The Labute approximate surface area is 184 Å². The molecule has 1 N–H and O–H groups in total. The van der Waals surface area contributed by atoms with Gasteiger partial charge in [-0.05, 0) is 44.2 Å². The molecule has 164 valence electrons. The third kappa shape index (κ3) is 5.51. The van der Waals surface area contributed by atoms with Crippen molar-refractivity contribution in [2.75, 3.05) is 18.5 Å². The second-order valence-electron chi connectivity index (χ2n) is 6.51. The van der Waals surface area contributed by atoms with E-state index in [2.05, 4.69) is 20.3 Å². The lowest BCUT2D eigenvalue weighted by Gasteiger charge is -2.10. The normalized spacial score (nSPS) is 11.0. The predicted molar refractivity (Wildman–Crippen MR) is 119 cm³/mol. The molecule has 0 atom stereocenters. The van der Waals surface area contributed by atoms with Gasteiger partial charge in [-0.2, -0.15) is 0 Å². The Hall–Kier alpha value is -4.14. The Morgan fingerprint density at radius 2 is 1.69 bits per heavy atom. The van der Waals surface area contributed by atoms with Gasteiger partial charge in [-0.25, -0.2) is 15.0 Å². The molecule has 0 saturated carbocycles. The smallest absolute Gasteiger partial charge is 0.325 e. The molecule has 0 aliphatic heterocycles. The first-order chi connectivity index (χ1) is 15.5. The average Bonchev–Trinajstić information content (AvgIpc) is 2.80. The minimum atomic E-state index is -1.32. The number of rotatable bonds is 8. The molecule has 0 bridgehead atoms. The van der Waals surface area contributed by atoms with Crippen molar-refractivity contribution in [2.24, 2.45) is 10.9 Å². The zero-order valence-electron chi connectivity index (χ0n) is 17.6. The maximum Gasteiger partial charge on any atom is 0.325 e. The largest absolute Gasteiger partial charge is 0.465 e. The highest BCUT2D eigenvalue weighted by atomic mass is 16.6. The lowest BCUT2D eigenvalue weighted by molar-refractivity contribution is -0.157. The maximum absolute atomic E-state index is 12.4. The highest BCUT2D eigenvalue weighted by molar-refractivity contribution is 6.10. The van der Waals surface area contributed by atoms with Crippen LogP contribution in [0.15, 0.2) is 59.9 Å². The number of ether oxygens (including phenoxy) is 2. The van der Waals surface area contributed by atoms with Gasteiger partial charge in [0.05, 0.1) is 18.7 Å². The fourth-order valence-electron chi connectivity index (χ4n) is 2.84. The van der Waals surface area contributed by atoms with Crippen LogP contribution in [-0.2, 0) is 19.1 Å².